The number of rotatable bonds is 6. The lowest BCUT2D eigenvalue weighted by molar-refractivity contribution is 0.223. The van der Waals surface area contributed by atoms with Crippen LogP contribution in [-0.2, 0) is 12.1 Å². The minimum atomic E-state index is -0.424. The molecule has 2 aromatic heterocycles. The number of nitrogens with zero attached hydrogens (tertiary/aromatic N) is 3. The lowest BCUT2D eigenvalue weighted by Crippen LogP contribution is -2.44. The maximum Gasteiger partial charge on any atom is 0.264 e. The van der Waals surface area contributed by atoms with Gasteiger partial charge in [0.25, 0.3) is 5.89 Å². The van der Waals surface area contributed by atoms with E-state index in [1.807, 2.05) is 36.4 Å². The smallest absolute Gasteiger partial charge is 0.264 e. The van der Waals surface area contributed by atoms with Crippen LogP contribution in [-0.4, -0.2) is 15.1 Å². The quantitative estimate of drug-likeness (QED) is 0.737. The summed E-state index contributed by atoms with van der Waals surface area (Å²) in [5.41, 5.74) is 5.76. The van der Waals surface area contributed by atoms with E-state index < -0.39 is 5.54 Å². The van der Waals surface area contributed by atoms with Crippen molar-refractivity contribution in [3.63, 3.8) is 0 Å². The van der Waals surface area contributed by atoms with Gasteiger partial charge in [-0.05, 0) is 49.6 Å². The van der Waals surface area contributed by atoms with E-state index in [0.29, 0.717) is 29.1 Å². The van der Waals surface area contributed by atoms with E-state index in [1.165, 1.54) is 0 Å². The second-order valence-electron chi connectivity index (χ2n) is 6.05. The Morgan fingerprint density at radius 2 is 1.88 bits per heavy atom. The van der Waals surface area contributed by atoms with E-state index in [2.05, 4.69) is 15.1 Å². The fraction of sp³-hybridized carbons (Fsp3) is 0.278. The third kappa shape index (κ3) is 3.46. The molecular weight excluding hydrogens is 320 g/mol. The molecule has 0 aliphatic heterocycles. The summed E-state index contributed by atoms with van der Waals surface area (Å²) in [6, 6.07) is 12.7. The molecule has 0 atom stereocenters. The van der Waals surface area contributed by atoms with Gasteiger partial charge < -0.3 is 19.7 Å². The molecule has 1 aliphatic rings. The molecule has 0 radical (unpaired) electrons. The molecule has 1 aromatic carbocycles. The molecule has 1 saturated carbocycles. The third-order valence-electron chi connectivity index (χ3n) is 4.21. The lowest BCUT2D eigenvalue weighted by atomic mass is 9.77. The molecule has 7 heteroatoms. The van der Waals surface area contributed by atoms with Crippen molar-refractivity contribution in [2.45, 2.75) is 31.4 Å². The van der Waals surface area contributed by atoms with Crippen LogP contribution in [0.4, 0.5) is 0 Å². The van der Waals surface area contributed by atoms with Crippen LogP contribution in [0.2, 0.25) is 0 Å². The number of pyridine rings is 1. The number of aromatic nitrogens is 3. The molecule has 25 heavy (non-hydrogen) atoms. The number of ether oxygens (including phenoxy) is 2. The predicted octanol–water partition coefficient (Wildman–Crippen LogP) is 3.17. The maximum atomic E-state index is 6.18. The van der Waals surface area contributed by atoms with Crippen LogP contribution >= 0.6 is 0 Å². The van der Waals surface area contributed by atoms with Crippen LogP contribution in [0.5, 0.6) is 17.4 Å². The first-order valence-electron chi connectivity index (χ1n) is 8.15. The van der Waals surface area contributed by atoms with E-state index in [0.717, 1.165) is 19.3 Å². The topological polar surface area (TPSA) is 96.3 Å². The lowest BCUT2D eigenvalue weighted by Gasteiger charge is -2.34. The highest BCUT2D eigenvalue weighted by molar-refractivity contribution is 5.33. The molecule has 0 spiro atoms. The standard InChI is InChI=1S/C18H18N4O3/c19-18(9-3-10-18)17-21-16(25-22-17)12-23-13-5-7-14(8-6-13)24-15-4-1-2-11-20-15/h1-2,4-8,11H,3,9-10,12,19H2. The van der Waals surface area contributed by atoms with Crippen molar-refractivity contribution in [2.75, 3.05) is 0 Å². The highest BCUT2D eigenvalue weighted by atomic mass is 16.5. The van der Waals surface area contributed by atoms with Crippen LogP contribution in [0.15, 0.2) is 53.2 Å². The second kappa shape index (κ2) is 6.52. The van der Waals surface area contributed by atoms with Gasteiger partial charge in [0.1, 0.15) is 11.5 Å². The van der Waals surface area contributed by atoms with Gasteiger partial charge in [0.15, 0.2) is 12.4 Å². The van der Waals surface area contributed by atoms with Crippen molar-refractivity contribution in [1.82, 2.24) is 15.1 Å². The van der Waals surface area contributed by atoms with Crippen molar-refractivity contribution in [1.29, 1.82) is 0 Å². The Labute approximate surface area is 144 Å². The normalized spacial score (nSPS) is 15.4. The summed E-state index contributed by atoms with van der Waals surface area (Å²) in [6.07, 6.45) is 4.57. The van der Waals surface area contributed by atoms with Gasteiger partial charge in [-0.1, -0.05) is 11.2 Å². The van der Waals surface area contributed by atoms with Gasteiger partial charge in [-0.15, -0.1) is 0 Å². The molecule has 2 N–H and O–H groups in total. The van der Waals surface area contributed by atoms with Crippen LogP contribution in [0.1, 0.15) is 31.0 Å². The van der Waals surface area contributed by atoms with Gasteiger partial charge in [0.05, 0.1) is 5.54 Å². The fourth-order valence-corrected chi connectivity index (χ4v) is 2.57. The summed E-state index contributed by atoms with van der Waals surface area (Å²) in [4.78, 5) is 8.45. The highest BCUT2D eigenvalue weighted by Crippen LogP contribution is 2.36. The average Bonchev–Trinajstić information content (AvgIpc) is 3.09. The van der Waals surface area contributed by atoms with E-state index in [4.69, 9.17) is 19.7 Å². The van der Waals surface area contributed by atoms with Crippen molar-refractivity contribution in [2.24, 2.45) is 5.73 Å². The molecule has 7 nitrogen and oxygen atoms in total. The molecule has 0 amide bonds. The summed E-state index contributed by atoms with van der Waals surface area (Å²) in [5, 5.41) is 3.97. The van der Waals surface area contributed by atoms with E-state index in [-0.39, 0.29) is 6.61 Å². The number of nitrogens with two attached hydrogens (primary N) is 1. The Bertz CT molecular complexity index is 829. The summed E-state index contributed by atoms with van der Waals surface area (Å²) in [5.74, 6) is 2.89. The summed E-state index contributed by atoms with van der Waals surface area (Å²) in [7, 11) is 0. The number of hydrogen-bond acceptors (Lipinski definition) is 7. The largest absolute Gasteiger partial charge is 0.484 e. The van der Waals surface area contributed by atoms with Gasteiger partial charge in [0, 0.05) is 12.3 Å². The molecule has 4 rings (SSSR count). The van der Waals surface area contributed by atoms with Crippen LogP contribution in [0.3, 0.4) is 0 Å². The molecule has 1 aliphatic carbocycles. The highest BCUT2D eigenvalue weighted by Gasteiger charge is 2.38. The van der Waals surface area contributed by atoms with Crippen LogP contribution in [0, 0.1) is 0 Å². The van der Waals surface area contributed by atoms with Gasteiger partial charge in [-0.3, -0.25) is 0 Å². The minimum absolute atomic E-state index is 0.198. The molecule has 0 bridgehead atoms. The van der Waals surface area contributed by atoms with Crippen molar-refractivity contribution >= 4 is 0 Å². The maximum absolute atomic E-state index is 6.18. The summed E-state index contributed by atoms with van der Waals surface area (Å²) < 4.78 is 16.5. The molecule has 2 heterocycles. The molecule has 3 aromatic rings. The SMILES string of the molecule is NC1(c2noc(COc3ccc(Oc4ccccn4)cc3)n2)CCC1. The Morgan fingerprint density at radius 1 is 1.08 bits per heavy atom. The Balaban J connectivity index is 1.34. The van der Waals surface area contributed by atoms with Gasteiger partial charge in [-0.2, -0.15) is 4.98 Å². The van der Waals surface area contributed by atoms with E-state index >= 15 is 0 Å². The number of hydrogen-bond donors (Lipinski definition) is 1. The van der Waals surface area contributed by atoms with Crippen LogP contribution < -0.4 is 15.2 Å². The molecule has 0 saturated heterocycles. The van der Waals surface area contributed by atoms with Crippen molar-refractivity contribution < 1.29 is 14.0 Å². The fourth-order valence-electron chi connectivity index (χ4n) is 2.57. The van der Waals surface area contributed by atoms with Crippen molar-refractivity contribution in [3.05, 3.63) is 60.4 Å². The van der Waals surface area contributed by atoms with E-state index in [9.17, 15) is 0 Å². The average molecular weight is 338 g/mol. The zero-order valence-corrected chi connectivity index (χ0v) is 13.6. The third-order valence-corrected chi connectivity index (χ3v) is 4.21. The van der Waals surface area contributed by atoms with Crippen molar-refractivity contribution in [3.8, 4) is 17.4 Å². The van der Waals surface area contributed by atoms with Gasteiger partial charge in [0.2, 0.25) is 5.88 Å². The van der Waals surface area contributed by atoms with E-state index in [1.54, 1.807) is 12.3 Å². The summed E-state index contributed by atoms with van der Waals surface area (Å²) >= 11 is 0. The second-order valence-corrected chi connectivity index (χ2v) is 6.05. The Morgan fingerprint density at radius 3 is 2.56 bits per heavy atom. The zero-order chi connectivity index (χ0) is 17.1. The zero-order valence-electron chi connectivity index (χ0n) is 13.6. The first-order valence-corrected chi connectivity index (χ1v) is 8.15. The predicted molar refractivity (Wildman–Crippen MR) is 89.1 cm³/mol. The molecule has 1 fully saturated rings. The van der Waals surface area contributed by atoms with Gasteiger partial charge in [-0.25, -0.2) is 4.98 Å². The van der Waals surface area contributed by atoms with Gasteiger partial charge >= 0.3 is 0 Å². The summed E-state index contributed by atoms with van der Waals surface area (Å²) in [6.45, 7) is 0.198. The Hall–Kier alpha value is -2.93. The molecule has 0 unspecified atom stereocenters. The van der Waals surface area contributed by atoms with Crippen LogP contribution in [0.25, 0.3) is 0 Å². The Kier molecular flexibility index (Phi) is 4.07. The first-order chi connectivity index (χ1) is 12.2. The monoisotopic (exact) mass is 338 g/mol. The molecule has 128 valence electrons. The minimum Gasteiger partial charge on any atom is -0.484 e. The number of benzene rings is 1. The molecular formula is C18H18N4O3. The first kappa shape index (κ1) is 15.6.